The van der Waals surface area contributed by atoms with Crippen LogP contribution >= 0.6 is 24.0 Å². The van der Waals surface area contributed by atoms with Crippen molar-refractivity contribution in [2.75, 3.05) is 6.61 Å². The fourth-order valence-corrected chi connectivity index (χ4v) is 4.60. The number of benzene rings is 1. The summed E-state index contributed by atoms with van der Waals surface area (Å²) in [7, 11) is 0. The number of carbonyl (C=O) groups excluding carboxylic acids is 1. The number of nitriles is 1. The van der Waals surface area contributed by atoms with Gasteiger partial charge in [-0.15, -0.1) is 0 Å². The Balaban J connectivity index is 2.08. The maximum atomic E-state index is 12.3. The van der Waals surface area contributed by atoms with E-state index in [1.54, 1.807) is 25.3 Å². The van der Waals surface area contributed by atoms with Crippen molar-refractivity contribution in [3.63, 3.8) is 0 Å². The number of furan rings is 1. The Labute approximate surface area is 149 Å². The van der Waals surface area contributed by atoms with Crippen molar-refractivity contribution in [2.24, 2.45) is 5.92 Å². The standard InChI is InChI=1S/C18H15NO3S2/c1-2-21-17(20)12(10-19)15(13-7-5-9-22-13)16-11-6-3-4-8-14(11)24-18(16)23/h3-9,12,15-16H,2H2,1H3/t12-,15+,16-/m1/s1. The number of carbonyl (C=O) groups is 1. The van der Waals surface area contributed by atoms with E-state index in [4.69, 9.17) is 21.4 Å². The highest BCUT2D eigenvalue weighted by atomic mass is 32.2. The van der Waals surface area contributed by atoms with E-state index in [-0.39, 0.29) is 12.5 Å². The summed E-state index contributed by atoms with van der Waals surface area (Å²) in [6.07, 6.45) is 1.54. The van der Waals surface area contributed by atoms with Crippen LogP contribution in [0, 0.1) is 17.2 Å². The highest BCUT2D eigenvalue weighted by molar-refractivity contribution is 8.23. The summed E-state index contributed by atoms with van der Waals surface area (Å²) in [4.78, 5) is 13.4. The molecule has 122 valence electrons. The van der Waals surface area contributed by atoms with Crippen molar-refractivity contribution in [3.8, 4) is 6.07 Å². The van der Waals surface area contributed by atoms with Gasteiger partial charge in [-0.2, -0.15) is 5.26 Å². The van der Waals surface area contributed by atoms with Gasteiger partial charge in [0.25, 0.3) is 0 Å². The molecule has 1 aliphatic heterocycles. The van der Waals surface area contributed by atoms with Crippen LogP contribution in [0.2, 0.25) is 0 Å². The molecule has 0 N–H and O–H groups in total. The van der Waals surface area contributed by atoms with Gasteiger partial charge < -0.3 is 9.15 Å². The van der Waals surface area contributed by atoms with Crippen molar-refractivity contribution < 1.29 is 13.9 Å². The minimum atomic E-state index is -0.981. The molecular weight excluding hydrogens is 342 g/mol. The number of esters is 1. The van der Waals surface area contributed by atoms with E-state index in [1.165, 1.54) is 11.8 Å². The second-order valence-corrected chi connectivity index (χ2v) is 7.12. The molecule has 1 aliphatic rings. The fraction of sp³-hybridized carbons (Fsp3) is 0.278. The zero-order valence-electron chi connectivity index (χ0n) is 13.0. The highest BCUT2D eigenvalue weighted by Crippen LogP contribution is 2.51. The molecule has 1 aromatic carbocycles. The molecule has 0 bridgehead atoms. The third kappa shape index (κ3) is 2.97. The molecule has 3 atom stereocenters. The molecule has 6 heteroatoms. The lowest BCUT2D eigenvalue weighted by Gasteiger charge is -2.25. The number of thioether (sulfide) groups is 1. The van der Waals surface area contributed by atoms with Crippen LogP contribution in [0.3, 0.4) is 0 Å². The molecule has 0 aliphatic carbocycles. The number of ether oxygens (including phenoxy) is 1. The van der Waals surface area contributed by atoms with Crippen LogP contribution in [0.15, 0.2) is 52.0 Å². The SMILES string of the molecule is CCOC(=O)[C@H](C#N)[C@@H](c1ccco1)[C@@H]1C(=S)Sc2ccccc21. The first-order valence-corrected chi connectivity index (χ1v) is 8.80. The molecule has 1 aromatic heterocycles. The van der Waals surface area contributed by atoms with Crippen LogP contribution in [0.5, 0.6) is 0 Å². The number of rotatable bonds is 5. The predicted octanol–water partition coefficient (Wildman–Crippen LogP) is 4.28. The number of thiocarbonyl (C=S) groups is 1. The summed E-state index contributed by atoms with van der Waals surface area (Å²) >= 11 is 7.08. The second kappa shape index (κ2) is 7.20. The molecule has 0 fully saturated rings. The first kappa shape index (κ1) is 16.7. The Kier molecular flexibility index (Phi) is 5.03. The maximum Gasteiger partial charge on any atom is 0.324 e. The third-order valence-electron chi connectivity index (χ3n) is 3.99. The van der Waals surface area contributed by atoms with E-state index in [0.717, 1.165) is 14.7 Å². The molecule has 0 saturated carbocycles. The highest BCUT2D eigenvalue weighted by Gasteiger charge is 2.44. The van der Waals surface area contributed by atoms with Crippen LogP contribution in [0.25, 0.3) is 0 Å². The lowest BCUT2D eigenvalue weighted by atomic mass is 9.77. The zero-order chi connectivity index (χ0) is 17.1. The van der Waals surface area contributed by atoms with E-state index < -0.39 is 17.8 Å². The summed E-state index contributed by atoms with van der Waals surface area (Å²) < 4.78 is 11.4. The zero-order valence-corrected chi connectivity index (χ0v) is 14.6. The topological polar surface area (TPSA) is 63.2 Å². The quantitative estimate of drug-likeness (QED) is 0.588. The monoisotopic (exact) mass is 357 g/mol. The van der Waals surface area contributed by atoms with Gasteiger partial charge in [-0.05, 0) is 30.7 Å². The predicted molar refractivity (Wildman–Crippen MR) is 94.8 cm³/mol. The summed E-state index contributed by atoms with van der Waals surface area (Å²) in [5.41, 5.74) is 1.03. The largest absolute Gasteiger partial charge is 0.469 e. The number of hydrogen-bond donors (Lipinski definition) is 0. The first-order valence-electron chi connectivity index (χ1n) is 7.57. The molecule has 0 unspecified atom stereocenters. The average molecular weight is 357 g/mol. The van der Waals surface area contributed by atoms with Crippen LogP contribution in [-0.4, -0.2) is 16.8 Å². The van der Waals surface area contributed by atoms with Gasteiger partial charge in [-0.3, -0.25) is 4.79 Å². The van der Waals surface area contributed by atoms with E-state index in [2.05, 4.69) is 6.07 Å². The molecule has 0 radical (unpaired) electrons. The fourth-order valence-electron chi connectivity index (χ4n) is 2.98. The van der Waals surface area contributed by atoms with Gasteiger partial charge in [-0.1, -0.05) is 42.2 Å². The van der Waals surface area contributed by atoms with Gasteiger partial charge in [0.1, 0.15) is 5.76 Å². The average Bonchev–Trinajstić information content (AvgIpc) is 3.20. The Morgan fingerprint density at radius 2 is 2.21 bits per heavy atom. The Morgan fingerprint density at radius 3 is 2.88 bits per heavy atom. The Bertz CT molecular complexity index is 795. The molecule has 0 spiro atoms. The third-order valence-corrected chi connectivity index (χ3v) is 5.54. The van der Waals surface area contributed by atoms with Gasteiger partial charge >= 0.3 is 5.97 Å². The van der Waals surface area contributed by atoms with E-state index in [9.17, 15) is 10.1 Å². The lowest BCUT2D eigenvalue weighted by molar-refractivity contribution is -0.146. The van der Waals surface area contributed by atoms with Crippen LogP contribution < -0.4 is 0 Å². The van der Waals surface area contributed by atoms with Crippen molar-refractivity contribution >= 4 is 34.1 Å². The van der Waals surface area contributed by atoms with Gasteiger partial charge in [-0.25, -0.2) is 0 Å². The summed E-state index contributed by atoms with van der Waals surface area (Å²) in [5.74, 6) is -1.71. The summed E-state index contributed by atoms with van der Waals surface area (Å²) in [6, 6.07) is 13.5. The Hall–Kier alpha value is -2.10. The van der Waals surface area contributed by atoms with Gasteiger partial charge in [0, 0.05) is 10.8 Å². The van der Waals surface area contributed by atoms with Crippen LogP contribution in [0.4, 0.5) is 0 Å². The van der Waals surface area contributed by atoms with Gasteiger partial charge in [0.2, 0.25) is 0 Å². The molecular formula is C18H15NO3S2. The molecule has 2 heterocycles. The number of nitrogens with zero attached hydrogens (tertiary/aromatic N) is 1. The van der Waals surface area contributed by atoms with Crippen molar-refractivity contribution in [2.45, 2.75) is 23.7 Å². The Morgan fingerprint density at radius 1 is 1.42 bits per heavy atom. The number of fused-ring (bicyclic) bond motifs is 1. The van der Waals surface area contributed by atoms with Crippen molar-refractivity contribution in [1.82, 2.24) is 0 Å². The summed E-state index contributed by atoms with van der Waals surface area (Å²) in [5, 5.41) is 9.64. The second-order valence-electron chi connectivity index (χ2n) is 5.34. The molecule has 2 aromatic rings. The molecule has 3 rings (SSSR count). The van der Waals surface area contributed by atoms with E-state index >= 15 is 0 Å². The molecule has 24 heavy (non-hydrogen) atoms. The van der Waals surface area contributed by atoms with Crippen LogP contribution in [-0.2, 0) is 9.53 Å². The minimum Gasteiger partial charge on any atom is -0.469 e. The van der Waals surface area contributed by atoms with E-state index in [1.807, 2.05) is 24.3 Å². The molecule has 0 saturated heterocycles. The van der Waals surface area contributed by atoms with Crippen LogP contribution in [0.1, 0.15) is 30.1 Å². The number of hydrogen-bond acceptors (Lipinski definition) is 6. The van der Waals surface area contributed by atoms with Crippen molar-refractivity contribution in [3.05, 3.63) is 54.0 Å². The minimum absolute atomic E-state index is 0.225. The maximum absolute atomic E-state index is 12.3. The lowest BCUT2D eigenvalue weighted by Crippen LogP contribution is -2.28. The first-order chi connectivity index (χ1) is 11.7. The molecule has 4 nitrogen and oxygen atoms in total. The van der Waals surface area contributed by atoms with E-state index in [0.29, 0.717) is 5.76 Å². The smallest absolute Gasteiger partial charge is 0.324 e. The van der Waals surface area contributed by atoms with Gasteiger partial charge in [0.15, 0.2) is 5.92 Å². The van der Waals surface area contributed by atoms with Crippen molar-refractivity contribution in [1.29, 1.82) is 5.26 Å². The molecule has 0 amide bonds. The van der Waals surface area contributed by atoms with Gasteiger partial charge in [0.05, 0.1) is 29.1 Å². The summed E-state index contributed by atoms with van der Waals surface area (Å²) in [6.45, 7) is 1.95. The normalized spacial score (nSPS) is 18.5.